The minimum Gasteiger partial charge on any atom is -0.507 e. The van der Waals surface area contributed by atoms with E-state index in [1.165, 1.54) is 51.7 Å². The van der Waals surface area contributed by atoms with Gasteiger partial charge in [0.2, 0.25) is 0 Å². The minimum absolute atomic E-state index is 0.0956. The third-order valence-electron chi connectivity index (χ3n) is 5.97. The largest absolute Gasteiger partial charge is 0.507 e. The number of halogens is 3. The number of carbonyl (C=O) groups is 2. The van der Waals surface area contributed by atoms with Crippen molar-refractivity contribution >= 4 is 23.1 Å². The number of hydrogen-bond donors (Lipinski definition) is 1. The number of anilines is 1. The molecule has 192 valence electrons. The number of carbonyl (C=O) groups excluding carboxylic acids is 2. The number of benzene rings is 3. The molecule has 1 atom stereocenters. The Morgan fingerprint density at radius 3 is 2.19 bits per heavy atom. The van der Waals surface area contributed by atoms with Crippen LogP contribution in [0.4, 0.5) is 18.9 Å². The molecule has 37 heavy (non-hydrogen) atoms. The lowest BCUT2D eigenvalue weighted by Gasteiger charge is -2.26. The number of nitrogens with zero attached hydrogens (tertiary/aromatic N) is 1. The van der Waals surface area contributed by atoms with E-state index < -0.39 is 35.2 Å². The summed E-state index contributed by atoms with van der Waals surface area (Å²) in [5.41, 5.74) is -1.04. The van der Waals surface area contributed by atoms with Crippen molar-refractivity contribution in [2.75, 3.05) is 26.2 Å². The molecule has 4 rings (SSSR count). The van der Waals surface area contributed by atoms with Crippen LogP contribution in [0, 0.1) is 0 Å². The average Bonchev–Trinajstić information content (AvgIpc) is 3.17. The van der Waals surface area contributed by atoms with Gasteiger partial charge in [0, 0.05) is 11.8 Å². The van der Waals surface area contributed by atoms with Crippen LogP contribution in [0.25, 0.3) is 5.76 Å². The molecule has 1 aliphatic rings. The topological polar surface area (TPSA) is 85.3 Å². The van der Waals surface area contributed by atoms with Crippen molar-refractivity contribution in [1.82, 2.24) is 0 Å². The Labute approximate surface area is 210 Å². The summed E-state index contributed by atoms with van der Waals surface area (Å²) >= 11 is 0. The molecule has 1 saturated heterocycles. The molecule has 1 fully saturated rings. The first-order valence-corrected chi connectivity index (χ1v) is 10.9. The standard InChI is InChI=1S/C27H22F3NO6/c1-35-18-9-4-6-15(12-18)23-22(24(32)20-11-10-19(36-2)14-21(20)37-3)25(33)26(34)31(23)17-8-5-7-16(13-17)27(28,29)30/h4-14,23,32H,1-3H3/b24-22-. The summed E-state index contributed by atoms with van der Waals surface area (Å²) in [6, 6.07) is 13.6. The van der Waals surface area contributed by atoms with E-state index >= 15 is 0 Å². The number of aliphatic hydroxyl groups excluding tert-OH is 1. The highest BCUT2D eigenvalue weighted by Crippen LogP contribution is 2.45. The van der Waals surface area contributed by atoms with Crippen molar-refractivity contribution in [2.24, 2.45) is 0 Å². The zero-order valence-electron chi connectivity index (χ0n) is 20.0. The predicted molar refractivity (Wildman–Crippen MR) is 129 cm³/mol. The number of rotatable bonds is 6. The van der Waals surface area contributed by atoms with Crippen molar-refractivity contribution < 1.29 is 42.1 Å². The fourth-order valence-corrected chi connectivity index (χ4v) is 4.20. The maximum absolute atomic E-state index is 13.5. The van der Waals surface area contributed by atoms with Crippen LogP contribution >= 0.6 is 0 Å². The molecule has 0 bridgehead atoms. The maximum atomic E-state index is 13.5. The molecule has 7 nitrogen and oxygen atoms in total. The second kappa shape index (κ2) is 9.88. The van der Waals surface area contributed by atoms with Gasteiger partial charge in [0.05, 0.1) is 44.1 Å². The van der Waals surface area contributed by atoms with Crippen molar-refractivity contribution in [2.45, 2.75) is 12.2 Å². The molecule has 0 saturated carbocycles. The van der Waals surface area contributed by atoms with Crippen molar-refractivity contribution in [3.8, 4) is 17.2 Å². The van der Waals surface area contributed by atoms with Gasteiger partial charge in [-0.05, 0) is 48.0 Å². The summed E-state index contributed by atoms with van der Waals surface area (Å²) in [5.74, 6) is -1.76. The summed E-state index contributed by atoms with van der Waals surface area (Å²) in [5, 5.41) is 11.3. The quantitative estimate of drug-likeness (QED) is 0.272. The van der Waals surface area contributed by atoms with E-state index in [9.17, 15) is 27.9 Å². The highest BCUT2D eigenvalue weighted by molar-refractivity contribution is 6.51. The fraction of sp³-hybridized carbons (Fsp3) is 0.185. The molecule has 3 aromatic rings. The van der Waals surface area contributed by atoms with Gasteiger partial charge in [0.15, 0.2) is 0 Å². The van der Waals surface area contributed by atoms with E-state index in [1.807, 2.05) is 0 Å². The van der Waals surface area contributed by atoms with E-state index in [1.54, 1.807) is 18.2 Å². The van der Waals surface area contributed by atoms with E-state index in [0.717, 1.165) is 23.1 Å². The smallest absolute Gasteiger partial charge is 0.416 e. The second-order valence-corrected chi connectivity index (χ2v) is 8.06. The minimum atomic E-state index is -4.68. The van der Waals surface area contributed by atoms with Gasteiger partial charge in [0.25, 0.3) is 11.7 Å². The zero-order chi connectivity index (χ0) is 26.9. The molecule has 10 heteroatoms. The van der Waals surface area contributed by atoms with Crippen molar-refractivity contribution in [3.63, 3.8) is 0 Å². The van der Waals surface area contributed by atoms with Crippen LogP contribution in [0.5, 0.6) is 17.2 Å². The summed E-state index contributed by atoms with van der Waals surface area (Å²) < 4.78 is 56.2. The number of alkyl halides is 3. The van der Waals surface area contributed by atoms with Gasteiger partial charge in [-0.15, -0.1) is 0 Å². The number of ketones is 1. The van der Waals surface area contributed by atoms with Crippen LogP contribution in [0.3, 0.4) is 0 Å². The Hall–Kier alpha value is -4.47. The van der Waals surface area contributed by atoms with Crippen LogP contribution in [0.15, 0.2) is 72.3 Å². The molecule has 0 aliphatic carbocycles. The highest BCUT2D eigenvalue weighted by Gasteiger charge is 2.47. The molecule has 1 aliphatic heterocycles. The normalized spacial score (nSPS) is 17.1. The lowest BCUT2D eigenvalue weighted by molar-refractivity contribution is -0.137. The van der Waals surface area contributed by atoms with Gasteiger partial charge < -0.3 is 19.3 Å². The number of hydrogen-bond acceptors (Lipinski definition) is 6. The molecule has 3 aromatic carbocycles. The predicted octanol–water partition coefficient (Wildman–Crippen LogP) is 5.36. The van der Waals surface area contributed by atoms with Gasteiger partial charge in [-0.3, -0.25) is 14.5 Å². The Morgan fingerprint density at radius 2 is 1.54 bits per heavy atom. The summed E-state index contributed by atoms with van der Waals surface area (Å²) in [6.07, 6.45) is -4.68. The fourth-order valence-electron chi connectivity index (χ4n) is 4.20. The Balaban J connectivity index is 1.98. The molecule has 1 unspecified atom stereocenters. The highest BCUT2D eigenvalue weighted by atomic mass is 19.4. The van der Waals surface area contributed by atoms with Crippen LogP contribution in [0.2, 0.25) is 0 Å². The number of aliphatic hydroxyl groups is 1. The molecule has 0 spiro atoms. The first-order valence-electron chi connectivity index (χ1n) is 10.9. The SMILES string of the molecule is COc1cccc(C2/C(=C(/O)c3ccc(OC)cc3OC)C(=O)C(=O)N2c2cccc(C(F)(F)F)c2)c1. The van der Waals surface area contributed by atoms with Crippen LogP contribution < -0.4 is 19.1 Å². The maximum Gasteiger partial charge on any atom is 0.416 e. The zero-order valence-corrected chi connectivity index (χ0v) is 20.0. The summed E-state index contributed by atoms with van der Waals surface area (Å²) in [4.78, 5) is 27.5. The van der Waals surface area contributed by atoms with Gasteiger partial charge >= 0.3 is 6.18 Å². The monoisotopic (exact) mass is 513 g/mol. The third-order valence-corrected chi connectivity index (χ3v) is 5.97. The van der Waals surface area contributed by atoms with Gasteiger partial charge in [-0.1, -0.05) is 18.2 Å². The second-order valence-electron chi connectivity index (χ2n) is 8.06. The van der Waals surface area contributed by atoms with Gasteiger partial charge in [0.1, 0.15) is 23.0 Å². The first kappa shape index (κ1) is 25.6. The molecular formula is C27H22F3NO6. The van der Waals surface area contributed by atoms with Crippen LogP contribution in [0.1, 0.15) is 22.7 Å². The third kappa shape index (κ3) is 4.69. The Kier molecular flexibility index (Phi) is 6.84. The summed E-state index contributed by atoms with van der Waals surface area (Å²) in [6.45, 7) is 0. The number of ether oxygens (including phenoxy) is 3. The van der Waals surface area contributed by atoms with E-state index in [4.69, 9.17) is 14.2 Å². The lowest BCUT2D eigenvalue weighted by Crippen LogP contribution is -2.29. The van der Waals surface area contributed by atoms with E-state index in [2.05, 4.69) is 0 Å². The van der Waals surface area contributed by atoms with Gasteiger partial charge in [-0.2, -0.15) is 13.2 Å². The lowest BCUT2D eigenvalue weighted by atomic mass is 9.94. The molecule has 1 heterocycles. The summed E-state index contributed by atoms with van der Waals surface area (Å²) in [7, 11) is 4.22. The van der Waals surface area contributed by atoms with Gasteiger partial charge in [-0.25, -0.2) is 0 Å². The van der Waals surface area contributed by atoms with Crippen molar-refractivity contribution in [3.05, 3.63) is 89.0 Å². The number of Topliss-reactive ketones (excluding diaryl/α,β-unsaturated/α-hetero) is 1. The molecule has 0 aromatic heterocycles. The number of methoxy groups -OCH3 is 3. The Bertz CT molecular complexity index is 1400. The van der Waals surface area contributed by atoms with E-state index in [0.29, 0.717) is 17.1 Å². The first-order chi connectivity index (χ1) is 17.6. The molecule has 1 amide bonds. The van der Waals surface area contributed by atoms with Crippen LogP contribution in [-0.2, 0) is 15.8 Å². The van der Waals surface area contributed by atoms with Crippen molar-refractivity contribution in [1.29, 1.82) is 0 Å². The average molecular weight is 513 g/mol. The molecular weight excluding hydrogens is 491 g/mol. The molecule has 0 radical (unpaired) electrons. The van der Waals surface area contributed by atoms with E-state index in [-0.39, 0.29) is 22.6 Å². The van der Waals surface area contributed by atoms with Crippen LogP contribution in [-0.4, -0.2) is 38.1 Å². The Morgan fingerprint density at radius 1 is 0.865 bits per heavy atom. The number of amides is 1. The molecule has 1 N–H and O–H groups in total.